The molecular formula is C17H16N4O2. The van der Waals surface area contributed by atoms with Crippen LogP contribution in [-0.2, 0) is 0 Å². The molecule has 0 spiro atoms. The zero-order chi connectivity index (χ0) is 16.2. The summed E-state index contributed by atoms with van der Waals surface area (Å²) in [6.45, 7) is 4.05. The summed E-state index contributed by atoms with van der Waals surface area (Å²) in [5.41, 5.74) is 7.49. The Balaban J connectivity index is 1.83. The van der Waals surface area contributed by atoms with E-state index in [0.717, 1.165) is 16.7 Å². The fourth-order valence-corrected chi connectivity index (χ4v) is 2.19. The van der Waals surface area contributed by atoms with Gasteiger partial charge >= 0.3 is 0 Å². The maximum Gasteiger partial charge on any atom is 0.272 e. The van der Waals surface area contributed by atoms with Crippen LogP contribution in [0.1, 0.15) is 10.5 Å². The average Bonchev–Trinajstić information content (AvgIpc) is 2.98. The van der Waals surface area contributed by atoms with Crippen LogP contribution < -0.4 is 15.8 Å². The number of H-pyrrole nitrogens is 1. The number of hydrogen-bond acceptors (Lipinski definition) is 4. The number of aromatic nitrogens is 2. The molecule has 0 radical (unpaired) electrons. The Labute approximate surface area is 133 Å². The molecule has 0 saturated carbocycles. The molecule has 4 N–H and O–H groups in total. The van der Waals surface area contributed by atoms with Gasteiger partial charge in [0.1, 0.15) is 23.9 Å². The number of carbonyl (C=O) groups is 1. The predicted molar refractivity (Wildman–Crippen MR) is 90.6 cm³/mol. The highest BCUT2D eigenvalue weighted by molar-refractivity contribution is 6.07. The number of nitrogens with one attached hydrogen (secondary N) is 2. The van der Waals surface area contributed by atoms with Crippen LogP contribution in [0.3, 0.4) is 0 Å². The van der Waals surface area contributed by atoms with Crippen molar-refractivity contribution in [1.82, 2.24) is 9.97 Å². The lowest BCUT2D eigenvalue weighted by atomic mass is 10.2. The number of nitrogen functional groups attached to an aromatic ring is 1. The molecule has 0 atom stereocenters. The van der Waals surface area contributed by atoms with Crippen molar-refractivity contribution >= 4 is 28.3 Å². The fraction of sp³-hybridized carbons (Fsp3) is 0.0588. The summed E-state index contributed by atoms with van der Waals surface area (Å²) in [5.74, 6) is 0.714. The van der Waals surface area contributed by atoms with Gasteiger partial charge in [-0.2, -0.15) is 0 Å². The van der Waals surface area contributed by atoms with Gasteiger partial charge in [0.15, 0.2) is 0 Å². The molecular weight excluding hydrogens is 292 g/mol. The molecule has 116 valence electrons. The monoisotopic (exact) mass is 308 g/mol. The van der Waals surface area contributed by atoms with Crippen LogP contribution >= 0.6 is 0 Å². The number of pyridine rings is 1. The summed E-state index contributed by atoms with van der Waals surface area (Å²) in [6.07, 6.45) is 3.25. The number of hydrogen-bond donors (Lipinski definition) is 3. The van der Waals surface area contributed by atoms with Gasteiger partial charge in [0.05, 0.1) is 5.69 Å². The molecule has 0 fully saturated rings. The second kappa shape index (κ2) is 6.23. The van der Waals surface area contributed by atoms with Gasteiger partial charge in [0, 0.05) is 17.1 Å². The highest BCUT2D eigenvalue weighted by Crippen LogP contribution is 2.23. The summed E-state index contributed by atoms with van der Waals surface area (Å²) >= 11 is 0. The standard InChI is InChI=1S/C17H16N4O2/c1-2-8-23-12-5-6-13-11(9-12)10-15(20-13)17(22)21-14-4-3-7-19-16(14)18/h2-7,9-10,20H,1,8H2,(H2,18,19)(H,21,22). The van der Waals surface area contributed by atoms with Crippen LogP contribution in [0, 0.1) is 0 Å². The van der Waals surface area contributed by atoms with E-state index in [1.807, 2.05) is 18.2 Å². The molecule has 1 aromatic carbocycles. The number of rotatable bonds is 5. The maximum atomic E-state index is 12.3. The van der Waals surface area contributed by atoms with E-state index in [-0.39, 0.29) is 11.7 Å². The zero-order valence-electron chi connectivity index (χ0n) is 12.4. The topological polar surface area (TPSA) is 93.0 Å². The van der Waals surface area contributed by atoms with E-state index < -0.39 is 0 Å². The number of fused-ring (bicyclic) bond motifs is 1. The minimum Gasteiger partial charge on any atom is -0.490 e. The van der Waals surface area contributed by atoms with E-state index in [2.05, 4.69) is 21.9 Å². The van der Waals surface area contributed by atoms with Crippen molar-refractivity contribution in [2.75, 3.05) is 17.7 Å². The van der Waals surface area contributed by atoms with E-state index >= 15 is 0 Å². The molecule has 23 heavy (non-hydrogen) atoms. The van der Waals surface area contributed by atoms with Gasteiger partial charge in [-0.15, -0.1) is 0 Å². The van der Waals surface area contributed by atoms with Gasteiger partial charge in [-0.25, -0.2) is 4.98 Å². The first-order chi connectivity index (χ1) is 11.2. The first-order valence-electron chi connectivity index (χ1n) is 7.05. The minimum absolute atomic E-state index is 0.275. The van der Waals surface area contributed by atoms with Crippen molar-refractivity contribution in [2.24, 2.45) is 0 Å². The number of carbonyl (C=O) groups excluding carboxylic acids is 1. The van der Waals surface area contributed by atoms with Crippen molar-refractivity contribution < 1.29 is 9.53 Å². The summed E-state index contributed by atoms with van der Waals surface area (Å²) in [6, 6.07) is 10.7. The third kappa shape index (κ3) is 3.16. The normalized spacial score (nSPS) is 10.4. The molecule has 2 aromatic heterocycles. The van der Waals surface area contributed by atoms with Crippen LogP contribution in [0.25, 0.3) is 10.9 Å². The van der Waals surface area contributed by atoms with Crippen LogP contribution in [0.2, 0.25) is 0 Å². The summed E-state index contributed by atoms with van der Waals surface area (Å²) < 4.78 is 5.49. The molecule has 0 aliphatic heterocycles. The molecule has 1 amide bonds. The van der Waals surface area contributed by atoms with E-state index in [4.69, 9.17) is 10.5 Å². The molecule has 0 saturated heterocycles. The van der Waals surface area contributed by atoms with Crippen molar-refractivity contribution in [3.05, 3.63) is 60.9 Å². The SMILES string of the molecule is C=CCOc1ccc2[nH]c(C(=O)Nc3cccnc3N)cc2c1. The predicted octanol–water partition coefficient (Wildman–Crippen LogP) is 2.96. The molecule has 6 heteroatoms. The number of anilines is 2. The van der Waals surface area contributed by atoms with Gasteiger partial charge in [-0.05, 0) is 36.4 Å². The molecule has 0 bridgehead atoms. The van der Waals surface area contributed by atoms with Crippen molar-refractivity contribution in [1.29, 1.82) is 0 Å². The summed E-state index contributed by atoms with van der Waals surface area (Å²) in [5, 5.41) is 3.62. The van der Waals surface area contributed by atoms with E-state index in [1.165, 1.54) is 0 Å². The van der Waals surface area contributed by atoms with Gasteiger partial charge < -0.3 is 20.8 Å². The number of nitrogens with two attached hydrogens (primary N) is 1. The number of benzene rings is 1. The largest absolute Gasteiger partial charge is 0.490 e. The molecule has 6 nitrogen and oxygen atoms in total. The molecule has 0 unspecified atom stereocenters. The first-order valence-corrected chi connectivity index (χ1v) is 7.05. The van der Waals surface area contributed by atoms with Crippen LogP contribution in [0.5, 0.6) is 5.75 Å². The van der Waals surface area contributed by atoms with Gasteiger partial charge in [-0.3, -0.25) is 4.79 Å². The maximum absolute atomic E-state index is 12.3. The molecule has 2 heterocycles. The van der Waals surface area contributed by atoms with Crippen molar-refractivity contribution in [3.63, 3.8) is 0 Å². The lowest BCUT2D eigenvalue weighted by Gasteiger charge is -2.05. The van der Waals surface area contributed by atoms with Crippen LogP contribution in [0.4, 0.5) is 11.5 Å². The Morgan fingerprint density at radius 1 is 1.39 bits per heavy atom. The quantitative estimate of drug-likeness (QED) is 0.632. The van der Waals surface area contributed by atoms with Gasteiger partial charge in [-0.1, -0.05) is 12.7 Å². The Kier molecular flexibility index (Phi) is 3.97. The molecule has 3 aromatic rings. The first kappa shape index (κ1) is 14.6. The Morgan fingerprint density at radius 3 is 3.04 bits per heavy atom. The van der Waals surface area contributed by atoms with Crippen molar-refractivity contribution in [3.8, 4) is 5.75 Å². The van der Waals surface area contributed by atoms with Crippen molar-refractivity contribution in [2.45, 2.75) is 0 Å². The summed E-state index contributed by atoms with van der Waals surface area (Å²) in [7, 11) is 0. The third-order valence-electron chi connectivity index (χ3n) is 3.29. The van der Waals surface area contributed by atoms with Gasteiger partial charge in [0.25, 0.3) is 5.91 Å². The lowest BCUT2D eigenvalue weighted by Crippen LogP contribution is -2.13. The minimum atomic E-state index is -0.283. The second-order valence-electron chi connectivity index (χ2n) is 4.92. The van der Waals surface area contributed by atoms with Crippen LogP contribution in [-0.4, -0.2) is 22.5 Å². The summed E-state index contributed by atoms with van der Waals surface area (Å²) in [4.78, 5) is 19.3. The highest BCUT2D eigenvalue weighted by atomic mass is 16.5. The Morgan fingerprint density at radius 2 is 2.26 bits per heavy atom. The Bertz CT molecular complexity index is 870. The highest BCUT2D eigenvalue weighted by Gasteiger charge is 2.12. The van der Waals surface area contributed by atoms with Crippen LogP contribution in [0.15, 0.2) is 55.3 Å². The van der Waals surface area contributed by atoms with Gasteiger partial charge in [0.2, 0.25) is 0 Å². The number of ether oxygens (including phenoxy) is 1. The lowest BCUT2D eigenvalue weighted by molar-refractivity contribution is 0.102. The Hall–Kier alpha value is -3.28. The van der Waals surface area contributed by atoms with E-state index in [0.29, 0.717) is 18.0 Å². The second-order valence-corrected chi connectivity index (χ2v) is 4.92. The smallest absolute Gasteiger partial charge is 0.272 e. The number of aromatic amines is 1. The molecule has 0 aliphatic rings. The molecule has 0 aliphatic carbocycles. The molecule has 3 rings (SSSR count). The fourth-order valence-electron chi connectivity index (χ4n) is 2.19. The number of nitrogens with zero attached hydrogens (tertiary/aromatic N) is 1. The number of amides is 1. The third-order valence-corrected chi connectivity index (χ3v) is 3.29. The van der Waals surface area contributed by atoms with E-state index in [9.17, 15) is 4.79 Å². The van der Waals surface area contributed by atoms with E-state index in [1.54, 1.807) is 30.5 Å². The average molecular weight is 308 g/mol. The zero-order valence-corrected chi connectivity index (χ0v) is 12.4.